The van der Waals surface area contributed by atoms with E-state index in [9.17, 15) is 9.59 Å². The van der Waals surface area contributed by atoms with Crippen LogP contribution in [0.2, 0.25) is 0 Å². The number of fused-ring (bicyclic) bond motifs is 1. The second-order valence-corrected chi connectivity index (χ2v) is 7.29. The Hall–Kier alpha value is -2.78. The average Bonchev–Trinajstić information content (AvgIpc) is 3.18. The molecular weight excluding hydrogens is 370 g/mol. The van der Waals surface area contributed by atoms with Gasteiger partial charge in [-0.25, -0.2) is 9.59 Å². The van der Waals surface area contributed by atoms with Gasteiger partial charge in [-0.3, -0.25) is 0 Å². The number of amides is 1. The van der Waals surface area contributed by atoms with Gasteiger partial charge in [0, 0.05) is 11.8 Å². The normalized spacial score (nSPS) is 28.5. The smallest absolute Gasteiger partial charge is 0.408 e. The summed E-state index contributed by atoms with van der Waals surface area (Å²) < 4.78 is 26.6. The van der Waals surface area contributed by atoms with Crippen LogP contribution < -0.4 is 19.5 Å². The molecule has 2 aliphatic rings. The number of ether oxygens (including phenoxy) is 5. The Morgan fingerprint density at radius 1 is 1.21 bits per heavy atom. The minimum atomic E-state index is -0.814. The van der Waals surface area contributed by atoms with Gasteiger partial charge in [0.05, 0.1) is 27.4 Å². The third-order valence-corrected chi connectivity index (χ3v) is 5.52. The SMILES string of the molecule is COC(=O)C(C)NC(=O)OC12CC1(C)CCC2Oc1nc(OC)cc(OC)n1. The van der Waals surface area contributed by atoms with E-state index in [2.05, 4.69) is 20.0 Å². The molecule has 2 fully saturated rings. The number of hydrogen-bond acceptors (Lipinski definition) is 9. The van der Waals surface area contributed by atoms with E-state index in [-0.39, 0.29) is 11.4 Å². The van der Waals surface area contributed by atoms with Crippen molar-refractivity contribution in [3.05, 3.63) is 6.07 Å². The van der Waals surface area contributed by atoms with Crippen molar-refractivity contribution in [2.24, 2.45) is 5.41 Å². The molecule has 3 rings (SSSR count). The average molecular weight is 395 g/mol. The predicted octanol–water partition coefficient (Wildman–Crippen LogP) is 1.47. The second-order valence-electron chi connectivity index (χ2n) is 7.29. The van der Waals surface area contributed by atoms with Gasteiger partial charge in [-0.1, -0.05) is 6.92 Å². The first-order valence-corrected chi connectivity index (χ1v) is 8.98. The molecule has 28 heavy (non-hydrogen) atoms. The number of aromatic nitrogens is 2. The number of carbonyl (C=O) groups excluding carboxylic acids is 2. The summed E-state index contributed by atoms with van der Waals surface area (Å²) in [6, 6.07) is 0.811. The molecule has 0 spiro atoms. The minimum absolute atomic E-state index is 0.0867. The van der Waals surface area contributed by atoms with Crippen molar-refractivity contribution in [1.29, 1.82) is 0 Å². The first kappa shape index (κ1) is 20.0. The molecule has 0 aromatic carbocycles. The van der Waals surface area contributed by atoms with E-state index < -0.39 is 29.8 Å². The molecule has 1 N–H and O–H groups in total. The summed E-state index contributed by atoms with van der Waals surface area (Å²) in [5.41, 5.74) is -0.987. The van der Waals surface area contributed by atoms with Crippen LogP contribution in [0.4, 0.5) is 4.79 Å². The topological polar surface area (TPSA) is 118 Å². The lowest BCUT2D eigenvalue weighted by atomic mass is 10.1. The van der Waals surface area contributed by atoms with Gasteiger partial charge < -0.3 is 29.0 Å². The lowest BCUT2D eigenvalue weighted by molar-refractivity contribution is -0.142. The Kier molecular flexibility index (Phi) is 5.22. The van der Waals surface area contributed by atoms with Gasteiger partial charge in [0.25, 0.3) is 0 Å². The number of rotatable bonds is 7. The molecule has 1 amide bonds. The van der Waals surface area contributed by atoms with E-state index >= 15 is 0 Å². The number of hydrogen-bond donors (Lipinski definition) is 1. The van der Waals surface area contributed by atoms with Gasteiger partial charge in [-0.05, 0) is 19.8 Å². The van der Waals surface area contributed by atoms with Crippen LogP contribution >= 0.6 is 0 Å². The monoisotopic (exact) mass is 395 g/mol. The van der Waals surface area contributed by atoms with Crippen LogP contribution in [0.5, 0.6) is 17.8 Å². The Labute approximate surface area is 162 Å². The maximum Gasteiger partial charge on any atom is 0.408 e. The van der Waals surface area contributed by atoms with Gasteiger partial charge in [-0.2, -0.15) is 9.97 Å². The van der Waals surface area contributed by atoms with Crippen molar-refractivity contribution in [2.45, 2.75) is 50.9 Å². The van der Waals surface area contributed by atoms with E-state index in [0.717, 1.165) is 6.42 Å². The molecule has 4 unspecified atom stereocenters. The van der Waals surface area contributed by atoms with Crippen molar-refractivity contribution in [2.75, 3.05) is 21.3 Å². The summed E-state index contributed by atoms with van der Waals surface area (Å²) in [6.07, 6.45) is 1.05. The van der Waals surface area contributed by atoms with E-state index in [1.54, 1.807) is 0 Å². The van der Waals surface area contributed by atoms with Crippen LogP contribution in [0.1, 0.15) is 33.1 Å². The number of carbonyl (C=O) groups is 2. The first-order valence-electron chi connectivity index (χ1n) is 8.98. The summed E-state index contributed by atoms with van der Waals surface area (Å²) in [5.74, 6) is 0.0557. The molecule has 0 saturated heterocycles. The van der Waals surface area contributed by atoms with E-state index in [1.807, 2.05) is 6.92 Å². The molecule has 0 aliphatic heterocycles. The zero-order chi connectivity index (χ0) is 20.5. The van der Waals surface area contributed by atoms with Crippen molar-refractivity contribution in [3.63, 3.8) is 0 Å². The lowest BCUT2D eigenvalue weighted by Gasteiger charge is -2.25. The van der Waals surface area contributed by atoms with Gasteiger partial charge in [0.1, 0.15) is 12.1 Å². The van der Waals surface area contributed by atoms with Crippen LogP contribution in [0.3, 0.4) is 0 Å². The Morgan fingerprint density at radius 2 is 1.86 bits per heavy atom. The maximum absolute atomic E-state index is 12.3. The maximum atomic E-state index is 12.3. The Bertz CT molecular complexity index is 751. The number of nitrogens with one attached hydrogen (secondary N) is 1. The summed E-state index contributed by atoms with van der Waals surface area (Å²) in [6.45, 7) is 3.57. The summed E-state index contributed by atoms with van der Waals surface area (Å²) >= 11 is 0. The van der Waals surface area contributed by atoms with E-state index in [4.69, 9.17) is 18.9 Å². The van der Waals surface area contributed by atoms with Crippen molar-refractivity contribution >= 4 is 12.1 Å². The zero-order valence-electron chi connectivity index (χ0n) is 16.6. The molecule has 1 aromatic rings. The molecule has 0 bridgehead atoms. The molecule has 4 atom stereocenters. The van der Waals surface area contributed by atoms with Crippen molar-refractivity contribution in [3.8, 4) is 17.8 Å². The highest BCUT2D eigenvalue weighted by Crippen LogP contribution is 2.69. The third kappa shape index (κ3) is 3.50. The van der Waals surface area contributed by atoms with Crippen LogP contribution in [0.15, 0.2) is 6.07 Å². The Morgan fingerprint density at radius 3 is 2.39 bits per heavy atom. The zero-order valence-corrected chi connectivity index (χ0v) is 16.6. The van der Waals surface area contributed by atoms with Crippen LogP contribution in [-0.2, 0) is 14.3 Å². The molecular formula is C18H25N3O7. The fourth-order valence-corrected chi connectivity index (χ4v) is 3.78. The van der Waals surface area contributed by atoms with Gasteiger partial charge in [0.2, 0.25) is 11.8 Å². The van der Waals surface area contributed by atoms with Crippen molar-refractivity contribution < 1.29 is 33.3 Å². The second kappa shape index (κ2) is 7.33. The standard InChI is InChI=1S/C18H25N3O7/c1-10(14(22)26-5)19-16(23)28-18-9-17(18,2)7-6-11(18)27-15-20-12(24-3)8-13(21-15)25-4/h8,10-11H,6-7,9H2,1-5H3,(H,19,23). The molecule has 10 heteroatoms. The van der Waals surface area contributed by atoms with Gasteiger partial charge in [0.15, 0.2) is 5.60 Å². The molecule has 10 nitrogen and oxygen atoms in total. The largest absolute Gasteiger partial charge is 0.481 e. The van der Waals surface area contributed by atoms with Gasteiger partial charge in [-0.15, -0.1) is 0 Å². The highest BCUT2D eigenvalue weighted by atomic mass is 16.6. The van der Waals surface area contributed by atoms with E-state index in [0.29, 0.717) is 24.6 Å². The molecule has 2 saturated carbocycles. The number of nitrogens with zero attached hydrogens (tertiary/aromatic N) is 2. The lowest BCUT2D eigenvalue weighted by Crippen LogP contribution is -2.45. The predicted molar refractivity (Wildman–Crippen MR) is 95.3 cm³/mol. The number of alkyl carbamates (subject to hydrolysis) is 1. The highest BCUT2D eigenvalue weighted by molar-refractivity contribution is 5.81. The minimum Gasteiger partial charge on any atom is -0.481 e. The molecule has 0 radical (unpaired) electrons. The van der Waals surface area contributed by atoms with Gasteiger partial charge >= 0.3 is 18.1 Å². The molecule has 1 aromatic heterocycles. The molecule has 2 aliphatic carbocycles. The third-order valence-electron chi connectivity index (χ3n) is 5.52. The summed E-state index contributed by atoms with van der Waals surface area (Å²) in [4.78, 5) is 32.2. The Balaban J connectivity index is 1.72. The first-order chi connectivity index (χ1) is 13.3. The van der Waals surface area contributed by atoms with Crippen LogP contribution in [0.25, 0.3) is 0 Å². The quantitative estimate of drug-likeness (QED) is 0.685. The summed E-state index contributed by atoms with van der Waals surface area (Å²) in [7, 11) is 4.22. The fraction of sp³-hybridized carbons (Fsp3) is 0.667. The van der Waals surface area contributed by atoms with Crippen molar-refractivity contribution in [1.82, 2.24) is 15.3 Å². The number of esters is 1. The van der Waals surface area contributed by atoms with E-state index in [1.165, 1.54) is 34.3 Å². The molecule has 154 valence electrons. The van der Waals surface area contributed by atoms with Crippen LogP contribution in [-0.4, -0.2) is 61.1 Å². The summed E-state index contributed by atoms with van der Waals surface area (Å²) in [5, 5.41) is 2.48. The van der Waals surface area contributed by atoms with Crippen LogP contribution in [0, 0.1) is 5.41 Å². The molecule has 1 heterocycles. The highest BCUT2D eigenvalue weighted by Gasteiger charge is 2.76. The number of methoxy groups -OCH3 is 3. The fourth-order valence-electron chi connectivity index (χ4n) is 3.78.